The minimum absolute atomic E-state index is 0.0326. The molecule has 0 spiro atoms. The van der Waals surface area contributed by atoms with Crippen LogP contribution >= 0.6 is 0 Å². The lowest BCUT2D eigenvalue weighted by atomic mass is 9.86. The number of rotatable bonds is 6. The van der Waals surface area contributed by atoms with Crippen molar-refractivity contribution < 1.29 is 13.9 Å². The number of halogens is 1. The van der Waals surface area contributed by atoms with Crippen molar-refractivity contribution in [2.24, 2.45) is 0 Å². The van der Waals surface area contributed by atoms with Gasteiger partial charge in [-0.25, -0.2) is 4.39 Å². The Morgan fingerprint density at radius 1 is 1.03 bits per heavy atom. The van der Waals surface area contributed by atoms with Gasteiger partial charge < -0.3 is 15.0 Å². The summed E-state index contributed by atoms with van der Waals surface area (Å²) in [5.74, 6) is 0.506. The monoisotopic (exact) mass is 472 g/mol. The van der Waals surface area contributed by atoms with Crippen molar-refractivity contribution in [2.75, 3.05) is 18.9 Å². The van der Waals surface area contributed by atoms with Crippen molar-refractivity contribution in [3.63, 3.8) is 0 Å². The zero-order valence-electron chi connectivity index (χ0n) is 21.1. The normalized spacial score (nSPS) is 16.9. The Morgan fingerprint density at radius 2 is 1.71 bits per heavy atom. The summed E-state index contributed by atoms with van der Waals surface area (Å²) in [6.45, 7) is 9.49. The summed E-state index contributed by atoms with van der Waals surface area (Å²) >= 11 is 0. The van der Waals surface area contributed by atoms with E-state index in [1.807, 2.05) is 61.5 Å². The number of anilines is 1. The first-order valence-corrected chi connectivity index (χ1v) is 11.9. The van der Waals surface area contributed by atoms with E-state index in [-0.39, 0.29) is 17.1 Å². The first-order chi connectivity index (χ1) is 16.5. The molecule has 1 N–H and O–H groups in total. The molecule has 1 aliphatic heterocycles. The van der Waals surface area contributed by atoms with E-state index in [2.05, 4.69) is 26.1 Å². The number of nitrogens with one attached hydrogen (secondary N) is 1. The molecule has 3 aromatic carbocycles. The largest absolute Gasteiger partial charge is 0.481 e. The van der Waals surface area contributed by atoms with E-state index in [4.69, 9.17) is 4.74 Å². The Morgan fingerprint density at radius 3 is 2.37 bits per heavy atom. The molecule has 3 aromatic rings. The fourth-order valence-electron chi connectivity index (χ4n) is 4.20. The van der Waals surface area contributed by atoms with Crippen molar-refractivity contribution in [3.05, 3.63) is 101 Å². The highest BCUT2D eigenvalue weighted by molar-refractivity contribution is 5.94. The van der Waals surface area contributed by atoms with Gasteiger partial charge in [0.2, 0.25) is 0 Å². The molecule has 1 amide bonds. The van der Waals surface area contributed by atoms with Crippen LogP contribution in [0.25, 0.3) is 6.08 Å². The Labute approximate surface area is 207 Å². The van der Waals surface area contributed by atoms with Gasteiger partial charge in [-0.1, -0.05) is 51.1 Å². The number of fused-ring (bicyclic) bond motifs is 1. The zero-order valence-corrected chi connectivity index (χ0v) is 21.1. The quantitative estimate of drug-likeness (QED) is 0.436. The zero-order chi connectivity index (χ0) is 25.2. The third-order valence-corrected chi connectivity index (χ3v) is 6.27. The van der Waals surface area contributed by atoms with Crippen molar-refractivity contribution >= 4 is 17.7 Å². The second-order valence-electron chi connectivity index (χ2n) is 10.5. The molecule has 0 fully saturated rings. The average molecular weight is 473 g/mol. The first-order valence-electron chi connectivity index (χ1n) is 11.9. The van der Waals surface area contributed by atoms with Crippen LogP contribution < -0.4 is 10.1 Å². The summed E-state index contributed by atoms with van der Waals surface area (Å²) in [6, 6.07) is 20.2. The lowest BCUT2D eigenvalue weighted by Gasteiger charge is -2.35. The van der Waals surface area contributed by atoms with Crippen molar-refractivity contribution in [1.29, 1.82) is 0 Å². The van der Waals surface area contributed by atoms with Crippen LogP contribution in [0, 0.1) is 5.82 Å². The van der Waals surface area contributed by atoms with Crippen molar-refractivity contribution in [3.8, 4) is 5.75 Å². The topological polar surface area (TPSA) is 41.6 Å². The van der Waals surface area contributed by atoms with Crippen LogP contribution in [0.15, 0.2) is 72.8 Å². The third kappa shape index (κ3) is 5.91. The lowest BCUT2D eigenvalue weighted by Crippen LogP contribution is -2.45. The van der Waals surface area contributed by atoms with Gasteiger partial charge in [0.1, 0.15) is 17.2 Å². The molecule has 0 bridgehead atoms. The minimum atomic E-state index is -0.633. The summed E-state index contributed by atoms with van der Waals surface area (Å²) < 4.78 is 19.4. The molecule has 0 saturated heterocycles. The molecular weight excluding hydrogens is 439 g/mol. The van der Waals surface area contributed by atoms with Crippen LogP contribution in [0.5, 0.6) is 5.75 Å². The molecule has 0 saturated carbocycles. The molecule has 1 atom stereocenters. The van der Waals surface area contributed by atoms with Gasteiger partial charge in [0.25, 0.3) is 5.91 Å². The van der Waals surface area contributed by atoms with Gasteiger partial charge in [0.05, 0.1) is 6.54 Å². The fourth-order valence-corrected chi connectivity index (χ4v) is 4.20. The van der Waals surface area contributed by atoms with Gasteiger partial charge in [-0.15, -0.1) is 0 Å². The van der Waals surface area contributed by atoms with Gasteiger partial charge in [-0.05, 0) is 72.0 Å². The second kappa shape index (κ2) is 9.57. The summed E-state index contributed by atoms with van der Waals surface area (Å²) in [4.78, 5) is 14.7. The SMILES string of the molecule is CN(CC1(C)C=Cc2cc(NCc3ccc(F)cc3)ccc2O1)C(=O)c1ccc(C(C)(C)C)cc1. The molecule has 4 rings (SSSR count). The number of likely N-dealkylation sites (N-methyl/N-ethyl adjacent to an activating group) is 1. The Kier molecular flexibility index (Phi) is 6.70. The number of hydrogen-bond donors (Lipinski definition) is 1. The third-order valence-electron chi connectivity index (χ3n) is 6.27. The maximum Gasteiger partial charge on any atom is 0.253 e. The maximum absolute atomic E-state index is 13.1. The number of carbonyl (C=O) groups is 1. The van der Waals surface area contributed by atoms with E-state index in [1.54, 1.807) is 24.1 Å². The highest BCUT2D eigenvalue weighted by Gasteiger charge is 2.31. The van der Waals surface area contributed by atoms with Gasteiger partial charge in [0, 0.05) is 30.4 Å². The molecule has 5 heteroatoms. The van der Waals surface area contributed by atoms with E-state index >= 15 is 0 Å². The summed E-state index contributed by atoms with van der Waals surface area (Å²) in [5.41, 5.74) is 4.21. The Bertz CT molecular complexity index is 1230. The van der Waals surface area contributed by atoms with Crippen LogP contribution in [0.4, 0.5) is 10.1 Å². The molecule has 182 valence electrons. The smallest absolute Gasteiger partial charge is 0.253 e. The molecule has 0 radical (unpaired) electrons. The summed E-state index contributed by atoms with van der Waals surface area (Å²) in [7, 11) is 1.81. The minimum Gasteiger partial charge on any atom is -0.481 e. The number of benzene rings is 3. The summed E-state index contributed by atoms with van der Waals surface area (Å²) in [6.07, 6.45) is 4.05. The van der Waals surface area contributed by atoms with Crippen LogP contribution in [-0.2, 0) is 12.0 Å². The van der Waals surface area contributed by atoms with E-state index in [0.717, 1.165) is 22.6 Å². The predicted molar refractivity (Wildman–Crippen MR) is 140 cm³/mol. The van der Waals surface area contributed by atoms with Gasteiger partial charge in [0.15, 0.2) is 0 Å². The molecule has 0 aliphatic carbocycles. The highest BCUT2D eigenvalue weighted by Crippen LogP contribution is 2.33. The Balaban J connectivity index is 1.39. The number of hydrogen-bond acceptors (Lipinski definition) is 3. The molecular formula is C30H33FN2O2. The summed E-state index contributed by atoms with van der Waals surface area (Å²) in [5, 5.41) is 3.36. The standard InChI is InChI=1S/C30H33FN2O2/c1-29(2,3)24-10-8-22(9-11-24)28(34)33(5)20-30(4)17-16-23-18-26(14-15-27(23)35-30)32-19-21-6-12-25(31)13-7-21/h6-18,32H,19-20H2,1-5H3. The second-order valence-corrected chi connectivity index (χ2v) is 10.5. The van der Waals surface area contributed by atoms with Crippen LogP contribution in [0.1, 0.15) is 54.7 Å². The molecule has 1 unspecified atom stereocenters. The Hall–Kier alpha value is -3.60. The molecule has 1 heterocycles. The van der Waals surface area contributed by atoms with E-state index in [0.29, 0.717) is 18.7 Å². The average Bonchev–Trinajstić information content (AvgIpc) is 2.82. The molecule has 0 aromatic heterocycles. The van der Waals surface area contributed by atoms with Crippen LogP contribution in [0.3, 0.4) is 0 Å². The fraction of sp³-hybridized carbons (Fsp3) is 0.300. The maximum atomic E-state index is 13.1. The van der Waals surface area contributed by atoms with E-state index in [9.17, 15) is 9.18 Å². The van der Waals surface area contributed by atoms with Gasteiger partial charge >= 0.3 is 0 Å². The van der Waals surface area contributed by atoms with Crippen LogP contribution in [-0.4, -0.2) is 30.0 Å². The van der Waals surface area contributed by atoms with E-state index in [1.165, 1.54) is 17.7 Å². The first kappa shape index (κ1) is 24.5. The van der Waals surface area contributed by atoms with Gasteiger partial charge in [-0.3, -0.25) is 4.79 Å². The van der Waals surface area contributed by atoms with Crippen LogP contribution in [0.2, 0.25) is 0 Å². The van der Waals surface area contributed by atoms with Crippen molar-refractivity contribution in [2.45, 2.75) is 45.3 Å². The lowest BCUT2D eigenvalue weighted by molar-refractivity contribution is 0.0603. The number of carbonyl (C=O) groups excluding carboxylic acids is 1. The highest BCUT2D eigenvalue weighted by atomic mass is 19.1. The number of ether oxygens (including phenoxy) is 1. The predicted octanol–water partition coefficient (Wildman–Crippen LogP) is 6.67. The molecule has 35 heavy (non-hydrogen) atoms. The van der Waals surface area contributed by atoms with Gasteiger partial charge in [-0.2, -0.15) is 0 Å². The van der Waals surface area contributed by atoms with E-state index < -0.39 is 5.60 Å². The molecule has 1 aliphatic rings. The number of amides is 1. The van der Waals surface area contributed by atoms with Crippen molar-refractivity contribution in [1.82, 2.24) is 4.90 Å². The molecule has 4 nitrogen and oxygen atoms in total. The number of nitrogens with zero attached hydrogens (tertiary/aromatic N) is 1.